The van der Waals surface area contributed by atoms with Gasteiger partial charge in [-0.3, -0.25) is 14.8 Å². The summed E-state index contributed by atoms with van der Waals surface area (Å²) >= 11 is 12.0. The average molecular weight is 775 g/mol. The van der Waals surface area contributed by atoms with E-state index in [9.17, 15) is 14.8 Å². The predicted octanol–water partition coefficient (Wildman–Crippen LogP) is 9.47. The van der Waals surface area contributed by atoms with Gasteiger partial charge in [0.1, 0.15) is 11.5 Å². The van der Waals surface area contributed by atoms with Crippen LogP contribution in [0.4, 0.5) is 0 Å². The van der Waals surface area contributed by atoms with Gasteiger partial charge in [0.05, 0.1) is 54.8 Å². The summed E-state index contributed by atoms with van der Waals surface area (Å²) in [4.78, 5) is 22.5. The minimum atomic E-state index is -0.841. The Morgan fingerprint density at radius 1 is 0.648 bits per heavy atom. The van der Waals surface area contributed by atoms with E-state index in [4.69, 9.17) is 37.8 Å². The van der Waals surface area contributed by atoms with Gasteiger partial charge in [-0.25, -0.2) is 14.4 Å². The van der Waals surface area contributed by atoms with Gasteiger partial charge in [0.15, 0.2) is 0 Å². The number of halogens is 2. The number of benzene rings is 4. The molecule has 2 N–H and O–H groups in total. The molecule has 1 amide bonds. The summed E-state index contributed by atoms with van der Waals surface area (Å²) in [6, 6.07) is 33.9. The monoisotopic (exact) mass is 773 g/mol. The number of aromatic nitrogens is 4. The number of carboxylic acids is 1. The Morgan fingerprint density at radius 3 is 1.35 bits per heavy atom. The summed E-state index contributed by atoms with van der Waals surface area (Å²) < 4.78 is 14.0. The van der Waals surface area contributed by atoms with Crippen LogP contribution in [0.3, 0.4) is 0 Å². The molecule has 54 heavy (non-hydrogen) atoms. The third-order valence-electron chi connectivity index (χ3n) is 7.98. The van der Waals surface area contributed by atoms with Gasteiger partial charge in [-0.1, -0.05) is 62.3 Å². The van der Waals surface area contributed by atoms with E-state index in [0.29, 0.717) is 28.0 Å². The Bertz CT molecular complexity index is 2090. The van der Waals surface area contributed by atoms with Crippen molar-refractivity contribution in [2.75, 3.05) is 21.3 Å². The molecule has 0 saturated heterocycles. The summed E-state index contributed by atoms with van der Waals surface area (Å²) in [7, 11) is 4.55. The molecule has 0 aliphatic heterocycles. The highest BCUT2D eigenvalue weighted by Gasteiger charge is 2.15. The number of carboxylic acid groups (broad SMARTS) is 1. The van der Waals surface area contributed by atoms with Crippen molar-refractivity contribution in [3.05, 3.63) is 131 Å². The first-order valence-electron chi connectivity index (χ1n) is 16.2. The number of aliphatic carboxylic acids is 1. The lowest BCUT2D eigenvalue weighted by Crippen LogP contribution is -2.22. The van der Waals surface area contributed by atoms with Gasteiger partial charge >= 0.3 is 5.97 Å². The highest BCUT2D eigenvalue weighted by atomic mass is 35.5. The molecule has 0 aliphatic carbocycles. The molecule has 6 rings (SSSR count). The number of methoxy groups -OCH3 is 2. The molecule has 0 radical (unpaired) electrons. The number of carbonyl (C=O) groups excluding carboxylic acids is 1. The summed E-state index contributed by atoms with van der Waals surface area (Å²) in [6.07, 6.45) is 1.01. The Labute approximate surface area is 325 Å². The fourth-order valence-electron chi connectivity index (χ4n) is 5.23. The molecule has 0 bridgehead atoms. The highest BCUT2D eigenvalue weighted by molar-refractivity contribution is 6.30. The van der Waals surface area contributed by atoms with Crippen molar-refractivity contribution in [2.45, 2.75) is 40.5 Å². The van der Waals surface area contributed by atoms with Gasteiger partial charge in [0.25, 0.3) is 0 Å². The molecule has 2 heterocycles. The van der Waals surface area contributed by atoms with Crippen molar-refractivity contribution in [1.29, 1.82) is 0 Å². The van der Waals surface area contributed by atoms with Crippen LogP contribution in [-0.4, -0.2) is 68.1 Å². The van der Waals surface area contributed by atoms with Gasteiger partial charge in [-0.2, -0.15) is 10.2 Å². The van der Waals surface area contributed by atoms with Crippen LogP contribution in [-0.2, 0) is 22.4 Å². The van der Waals surface area contributed by atoms with Gasteiger partial charge in [0, 0.05) is 47.5 Å². The summed E-state index contributed by atoms with van der Waals surface area (Å²) in [5.74, 6) is 0.319. The van der Waals surface area contributed by atoms with Gasteiger partial charge < -0.3 is 14.6 Å². The molecular formula is C41H45Cl2N5O6. The fourth-order valence-corrected chi connectivity index (χ4v) is 5.48. The average Bonchev–Trinajstić information content (AvgIpc) is 3.79. The maximum Gasteiger partial charge on any atom is 0.303 e. The molecule has 2 aromatic heterocycles. The zero-order valence-electron chi connectivity index (χ0n) is 28.7. The largest absolute Gasteiger partial charge is 0.497 e. The number of rotatable bonds is 12. The number of hydrogen-bond donors (Lipinski definition) is 2. The first-order chi connectivity index (χ1) is 25.0. The van der Waals surface area contributed by atoms with Crippen LogP contribution in [0.15, 0.2) is 109 Å². The Kier molecular flexibility index (Phi) is 15.9. The maximum atomic E-state index is 11.7. The Balaban J connectivity index is 0.000000281. The molecule has 0 unspecified atom stereocenters. The molecule has 0 atom stereocenters. The van der Waals surface area contributed by atoms with E-state index >= 15 is 0 Å². The summed E-state index contributed by atoms with van der Waals surface area (Å²) in [5, 5.41) is 29.3. The molecule has 13 heteroatoms. The van der Waals surface area contributed by atoms with Crippen LogP contribution < -0.4 is 9.47 Å². The van der Waals surface area contributed by atoms with E-state index in [1.807, 2.05) is 114 Å². The van der Waals surface area contributed by atoms with Crippen LogP contribution in [0, 0.1) is 0 Å². The van der Waals surface area contributed by atoms with Crippen molar-refractivity contribution in [3.63, 3.8) is 0 Å². The first kappa shape index (κ1) is 42.8. The van der Waals surface area contributed by atoms with E-state index < -0.39 is 5.97 Å². The van der Waals surface area contributed by atoms with E-state index in [0.717, 1.165) is 56.8 Å². The number of hydroxylamine groups is 2. The van der Waals surface area contributed by atoms with E-state index in [1.54, 1.807) is 18.9 Å². The van der Waals surface area contributed by atoms with Crippen LogP contribution in [0.2, 0.25) is 10.0 Å². The van der Waals surface area contributed by atoms with Gasteiger partial charge in [0.2, 0.25) is 5.91 Å². The van der Waals surface area contributed by atoms with Crippen molar-refractivity contribution in [2.24, 2.45) is 0 Å². The molecule has 11 nitrogen and oxygen atoms in total. The van der Waals surface area contributed by atoms with Crippen molar-refractivity contribution in [1.82, 2.24) is 24.6 Å². The molecule has 0 fully saturated rings. The molecular weight excluding hydrogens is 729 g/mol. The third kappa shape index (κ3) is 11.2. The normalized spacial score (nSPS) is 10.3. The van der Waals surface area contributed by atoms with Crippen LogP contribution in [0.1, 0.15) is 39.1 Å². The Hall–Kier alpha value is -5.62. The number of carbonyl (C=O) groups is 2. The third-order valence-corrected chi connectivity index (χ3v) is 8.49. The number of aryl methyl sites for hydroxylation is 2. The first-order valence-corrected chi connectivity index (χ1v) is 17.0. The van der Waals surface area contributed by atoms with E-state index in [1.165, 1.54) is 7.05 Å². The maximum absolute atomic E-state index is 11.7. The number of nitrogens with zero attached hydrogens (tertiary/aromatic N) is 5. The highest BCUT2D eigenvalue weighted by Crippen LogP contribution is 2.28. The molecule has 0 spiro atoms. The smallest absolute Gasteiger partial charge is 0.303 e. The lowest BCUT2D eigenvalue weighted by Gasteiger charge is -2.09. The number of amides is 1. The van der Waals surface area contributed by atoms with Crippen LogP contribution in [0.5, 0.6) is 11.5 Å². The second kappa shape index (κ2) is 20.0. The standard InChI is InChI=1S/C20H20ClN3O3.C19H17ClN2O3.2CH4/c1-23(26)20(25)12-7-16-13-19(14-3-5-15(21)6-4-14)24(22-16)17-8-10-18(27-2)11-9-17;1-25-17-9-7-16(8-10-17)22-18(13-2-4-14(20)5-3-13)12-15(21-22)6-11-19(23)24;;/h3-6,8-11,13,26H,7,12H2,1-2H3;2-5,7-10,12H,6,11H2,1H3,(H,23,24);2*1H4. The van der Waals surface area contributed by atoms with Crippen molar-refractivity contribution in [3.8, 4) is 45.4 Å². The molecule has 284 valence electrons. The lowest BCUT2D eigenvalue weighted by atomic mass is 10.1. The molecule has 4 aromatic carbocycles. The van der Waals surface area contributed by atoms with E-state index in [2.05, 4.69) is 10.2 Å². The van der Waals surface area contributed by atoms with Gasteiger partial charge in [-0.05, 0) is 84.9 Å². The number of ether oxygens (including phenoxy) is 2. The van der Waals surface area contributed by atoms with Crippen LogP contribution in [0.25, 0.3) is 33.9 Å². The van der Waals surface area contributed by atoms with E-state index in [-0.39, 0.29) is 33.6 Å². The second-order valence-corrected chi connectivity index (χ2v) is 12.5. The van der Waals surface area contributed by atoms with Crippen LogP contribution >= 0.6 is 23.2 Å². The summed E-state index contributed by atoms with van der Waals surface area (Å²) in [5.41, 5.74) is 6.90. The minimum absolute atomic E-state index is 0. The quantitative estimate of drug-likeness (QED) is 0.0929. The Morgan fingerprint density at radius 2 is 1.02 bits per heavy atom. The predicted molar refractivity (Wildman–Crippen MR) is 213 cm³/mol. The number of hydrogen-bond acceptors (Lipinski definition) is 7. The second-order valence-electron chi connectivity index (χ2n) is 11.6. The fraction of sp³-hybridized carbons (Fsp3) is 0.220. The molecule has 0 saturated carbocycles. The molecule has 0 aliphatic rings. The SMILES string of the molecule is C.C.COc1ccc(-n2nc(CCC(=O)N(C)O)cc2-c2ccc(Cl)cc2)cc1.COc1ccc(-n2nc(CCC(=O)O)cc2-c2ccc(Cl)cc2)cc1. The topological polar surface area (TPSA) is 132 Å². The zero-order chi connectivity index (χ0) is 37.2. The minimum Gasteiger partial charge on any atom is -0.497 e. The summed E-state index contributed by atoms with van der Waals surface area (Å²) in [6.45, 7) is 0. The molecule has 6 aromatic rings. The lowest BCUT2D eigenvalue weighted by molar-refractivity contribution is -0.159. The van der Waals surface area contributed by atoms with Crippen molar-refractivity contribution < 1.29 is 29.4 Å². The van der Waals surface area contributed by atoms with Crippen molar-refractivity contribution >= 4 is 35.1 Å². The zero-order valence-corrected chi connectivity index (χ0v) is 30.3. The van der Waals surface area contributed by atoms with Gasteiger partial charge in [-0.15, -0.1) is 0 Å².